The molecule has 6 nitrogen and oxygen atoms in total. The molecule has 1 aliphatic carbocycles. The van der Waals surface area contributed by atoms with Gasteiger partial charge in [-0.25, -0.2) is 9.97 Å². The minimum absolute atomic E-state index is 0.0691. The summed E-state index contributed by atoms with van der Waals surface area (Å²) in [5, 5.41) is 3.10. The first-order valence-corrected chi connectivity index (χ1v) is 8.66. The van der Waals surface area contributed by atoms with Crippen molar-refractivity contribution in [2.45, 2.75) is 25.8 Å². The van der Waals surface area contributed by atoms with E-state index in [9.17, 15) is 4.79 Å². The molecule has 3 heterocycles. The predicted octanol–water partition coefficient (Wildman–Crippen LogP) is 3.12. The molecular formula is C20H19N5O. The molecule has 0 saturated heterocycles. The third-order valence-electron chi connectivity index (χ3n) is 4.47. The van der Waals surface area contributed by atoms with Crippen molar-refractivity contribution in [2.24, 2.45) is 5.92 Å². The average molecular weight is 345 g/mol. The molecule has 0 aliphatic heterocycles. The standard InChI is InChI=1S/C20H19N5O/c1-13-6-8-22-17(9-13)18(14-4-5-14)25-20(26)16-11-23-19(24-12-16)15-3-2-7-21-10-15/h2-3,6-12,14,18H,4-5H2,1H3,(H,25,26)/t18-/m0/s1. The molecule has 6 heteroatoms. The van der Waals surface area contributed by atoms with E-state index in [1.807, 2.05) is 31.2 Å². The van der Waals surface area contributed by atoms with Gasteiger partial charge in [-0.2, -0.15) is 0 Å². The van der Waals surface area contributed by atoms with Crippen molar-refractivity contribution in [3.63, 3.8) is 0 Å². The maximum Gasteiger partial charge on any atom is 0.254 e. The van der Waals surface area contributed by atoms with Crippen LogP contribution in [0.15, 0.2) is 55.2 Å². The van der Waals surface area contributed by atoms with Crippen molar-refractivity contribution in [1.29, 1.82) is 0 Å². The number of aryl methyl sites for hydroxylation is 1. The van der Waals surface area contributed by atoms with Gasteiger partial charge in [0.2, 0.25) is 0 Å². The monoisotopic (exact) mass is 345 g/mol. The Morgan fingerprint density at radius 2 is 1.92 bits per heavy atom. The molecule has 1 atom stereocenters. The summed E-state index contributed by atoms with van der Waals surface area (Å²) in [6.07, 6.45) is 10.5. The van der Waals surface area contributed by atoms with E-state index >= 15 is 0 Å². The fraction of sp³-hybridized carbons (Fsp3) is 0.250. The topological polar surface area (TPSA) is 80.7 Å². The maximum atomic E-state index is 12.7. The maximum absolute atomic E-state index is 12.7. The number of carbonyl (C=O) groups is 1. The molecule has 1 fully saturated rings. The van der Waals surface area contributed by atoms with Crippen LogP contribution in [0.1, 0.15) is 40.5 Å². The Bertz CT molecular complexity index is 907. The molecule has 1 saturated carbocycles. The summed E-state index contributed by atoms with van der Waals surface area (Å²) >= 11 is 0. The van der Waals surface area contributed by atoms with E-state index in [2.05, 4.69) is 25.3 Å². The van der Waals surface area contributed by atoms with Gasteiger partial charge in [-0.05, 0) is 55.5 Å². The number of carbonyl (C=O) groups excluding carboxylic acids is 1. The van der Waals surface area contributed by atoms with Gasteiger partial charge < -0.3 is 5.32 Å². The van der Waals surface area contributed by atoms with Crippen LogP contribution in [0, 0.1) is 12.8 Å². The predicted molar refractivity (Wildman–Crippen MR) is 97.2 cm³/mol. The van der Waals surface area contributed by atoms with Crippen LogP contribution in [0.2, 0.25) is 0 Å². The third-order valence-corrected chi connectivity index (χ3v) is 4.47. The van der Waals surface area contributed by atoms with E-state index in [1.165, 1.54) is 0 Å². The van der Waals surface area contributed by atoms with Crippen molar-refractivity contribution in [3.8, 4) is 11.4 Å². The molecule has 1 N–H and O–H groups in total. The van der Waals surface area contributed by atoms with E-state index in [1.54, 1.807) is 31.0 Å². The molecule has 0 aromatic carbocycles. The van der Waals surface area contributed by atoms with Crippen molar-refractivity contribution < 1.29 is 4.79 Å². The highest BCUT2D eigenvalue weighted by atomic mass is 16.1. The minimum atomic E-state index is -0.178. The Kier molecular flexibility index (Phi) is 4.39. The summed E-state index contributed by atoms with van der Waals surface area (Å²) in [7, 11) is 0. The lowest BCUT2D eigenvalue weighted by molar-refractivity contribution is 0.0930. The van der Waals surface area contributed by atoms with Gasteiger partial charge >= 0.3 is 0 Å². The van der Waals surface area contributed by atoms with Crippen LogP contribution in [0.25, 0.3) is 11.4 Å². The summed E-state index contributed by atoms with van der Waals surface area (Å²) in [4.78, 5) is 29.8. The summed E-state index contributed by atoms with van der Waals surface area (Å²) in [5.74, 6) is 0.820. The van der Waals surface area contributed by atoms with Crippen LogP contribution in [-0.4, -0.2) is 25.8 Å². The van der Waals surface area contributed by atoms with Gasteiger partial charge in [-0.3, -0.25) is 14.8 Å². The van der Waals surface area contributed by atoms with Crippen molar-refractivity contribution in [1.82, 2.24) is 25.3 Å². The van der Waals surface area contributed by atoms with Crippen LogP contribution in [0.3, 0.4) is 0 Å². The van der Waals surface area contributed by atoms with E-state index in [4.69, 9.17) is 0 Å². The first-order chi connectivity index (χ1) is 12.7. The first-order valence-electron chi connectivity index (χ1n) is 8.66. The molecule has 1 amide bonds. The number of aromatic nitrogens is 4. The number of hydrogen-bond donors (Lipinski definition) is 1. The number of amides is 1. The Morgan fingerprint density at radius 1 is 1.12 bits per heavy atom. The highest BCUT2D eigenvalue weighted by molar-refractivity contribution is 5.94. The summed E-state index contributed by atoms with van der Waals surface area (Å²) < 4.78 is 0. The van der Waals surface area contributed by atoms with Gasteiger partial charge in [0.25, 0.3) is 5.91 Å². The summed E-state index contributed by atoms with van der Waals surface area (Å²) in [6.45, 7) is 2.03. The Labute approximate surface area is 151 Å². The van der Waals surface area contributed by atoms with Crippen LogP contribution in [0.5, 0.6) is 0 Å². The van der Waals surface area contributed by atoms with Gasteiger partial charge in [-0.15, -0.1) is 0 Å². The number of pyridine rings is 2. The number of nitrogens with one attached hydrogen (secondary N) is 1. The van der Waals surface area contributed by atoms with Crippen LogP contribution < -0.4 is 5.32 Å². The van der Waals surface area contributed by atoms with Crippen molar-refractivity contribution in [3.05, 3.63) is 72.1 Å². The Morgan fingerprint density at radius 3 is 2.58 bits per heavy atom. The molecule has 130 valence electrons. The van der Waals surface area contributed by atoms with Crippen LogP contribution in [-0.2, 0) is 0 Å². The smallest absolute Gasteiger partial charge is 0.254 e. The number of nitrogens with zero attached hydrogens (tertiary/aromatic N) is 4. The Hall–Kier alpha value is -3.15. The molecule has 0 unspecified atom stereocenters. The van der Waals surface area contributed by atoms with Gasteiger partial charge in [0.05, 0.1) is 17.3 Å². The second kappa shape index (κ2) is 7.00. The van der Waals surface area contributed by atoms with Gasteiger partial charge in [-0.1, -0.05) is 0 Å². The van der Waals surface area contributed by atoms with Gasteiger partial charge in [0, 0.05) is 36.5 Å². The molecule has 4 rings (SSSR count). The zero-order valence-electron chi connectivity index (χ0n) is 14.5. The molecule has 0 spiro atoms. The molecule has 3 aromatic rings. The first kappa shape index (κ1) is 16.3. The fourth-order valence-electron chi connectivity index (χ4n) is 2.91. The Balaban J connectivity index is 1.51. The quantitative estimate of drug-likeness (QED) is 0.768. The largest absolute Gasteiger partial charge is 0.343 e. The lowest BCUT2D eigenvalue weighted by atomic mass is 10.1. The van der Waals surface area contributed by atoms with Gasteiger partial charge in [0.1, 0.15) is 0 Å². The zero-order valence-corrected chi connectivity index (χ0v) is 14.5. The van der Waals surface area contributed by atoms with E-state index in [0.717, 1.165) is 29.7 Å². The van der Waals surface area contributed by atoms with E-state index in [0.29, 0.717) is 17.3 Å². The average Bonchev–Trinajstić information content (AvgIpc) is 3.52. The molecule has 0 bridgehead atoms. The molecule has 3 aromatic heterocycles. The van der Waals surface area contributed by atoms with Crippen LogP contribution >= 0.6 is 0 Å². The lowest BCUT2D eigenvalue weighted by Gasteiger charge is -2.18. The highest BCUT2D eigenvalue weighted by Gasteiger charge is 2.34. The second-order valence-electron chi connectivity index (χ2n) is 6.58. The highest BCUT2D eigenvalue weighted by Crippen LogP contribution is 2.40. The van der Waals surface area contributed by atoms with Crippen LogP contribution in [0.4, 0.5) is 0 Å². The van der Waals surface area contributed by atoms with Crippen molar-refractivity contribution >= 4 is 5.91 Å². The molecule has 26 heavy (non-hydrogen) atoms. The fourth-order valence-corrected chi connectivity index (χ4v) is 2.91. The molecule has 0 radical (unpaired) electrons. The molecule has 1 aliphatic rings. The van der Waals surface area contributed by atoms with E-state index < -0.39 is 0 Å². The second-order valence-corrected chi connectivity index (χ2v) is 6.58. The zero-order chi connectivity index (χ0) is 17.9. The van der Waals surface area contributed by atoms with Crippen molar-refractivity contribution in [2.75, 3.05) is 0 Å². The number of rotatable bonds is 5. The van der Waals surface area contributed by atoms with E-state index in [-0.39, 0.29) is 11.9 Å². The summed E-state index contributed by atoms with van der Waals surface area (Å²) in [6, 6.07) is 7.63. The SMILES string of the molecule is Cc1ccnc([C@@H](NC(=O)c2cnc(-c3cccnc3)nc2)C2CC2)c1. The van der Waals surface area contributed by atoms with Gasteiger partial charge in [0.15, 0.2) is 5.82 Å². The molecular weight excluding hydrogens is 326 g/mol. The summed E-state index contributed by atoms with van der Waals surface area (Å²) in [5.41, 5.74) is 3.31. The normalized spacial score (nSPS) is 14.7. The third kappa shape index (κ3) is 3.59. The lowest BCUT2D eigenvalue weighted by Crippen LogP contribution is -2.30. The number of hydrogen-bond acceptors (Lipinski definition) is 5. The minimum Gasteiger partial charge on any atom is -0.343 e.